The number of anilines is 2. The number of nitrogens with one attached hydrogen (secondary N) is 1. The lowest BCUT2D eigenvalue weighted by molar-refractivity contribution is -0.116. The van der Waals surface area contributed by atoms with E-state index in [4.69, 9.17) is 0 Å². The molecule has 0 spiro atoms. The lowest BCUT2D eigenvalue weighted by atomic mass is 10.1. The van der Waals surface area contributed by atoms with E-state index in [1.807, 2.05) is 32.0 Å². The quantitative estimate of drug-likeness (QED) is 0.649. The number of carbonyl (C=O) groups excluding carboxylic acids is 2. The van der Waals surface area contributed by atoms with Crippen molar-refractivity contribution in [3.05, 3.63) is 53.1 Å². The summed E-state index contributed by atoms with van der Waals surface area (Å²) in [6, 6.07) is 10.4. The van der Waals surface area contributed by atoms with Crippen molar-refractivity contribution in [3.8, 4) is 0 Å². The van der Waals surface area contributed by atoms with Crippen LogP contribution in [0.5, 0.6) is 0 Å². The van der Waals surface area contributed by atoms with Gasteiger partial charge >= 0.3 is 0 Å². The molecule has 0 bridgehead atoms. The SMILES string of the molecule is Cc1cccc(C)c1NC(=O)CN(C)C(=O)c1cc(S(=O)(=O)N(C)C)ccc1N1CCCCC1. The van der Waals surface area contributed by atoms with Crippen LogP contribution in [0.1, 0.15) is 40.7 Å². The van der Waals surface area contributed by atoms with E-state index in [-0.39, 0.29) is 22.9 Å². The molecule has 1 N–H and O–H groups in total. The summed E-state index contributed by atoms with van der Waals surface area (Å²) in [6.07, 6.45) is 3.16. The molecule has 0 aromatic heterocycles. The second kappa shape index (κ2) is 10.6. The van der Waals surface area contributed by atoms with Crippen molar-refractivity contribution in [2.45, 2.75) is 38.0 Å². The van der Waals surface area contributed by atoms with E-state index in [9.17, 15) is 18.0 Å². The highest BCUT2D eigenvalue weighted by Crippen LogP contribution is 2.29. The van der Waals surface area contributed by atoms with Gasteiger partial charge in [0.1, 0.15) is 0 Å². The van der Waals surface area contributed by atoms with Crippen LogP contribution in [0, 0.1) is 13.8 Å². The Morgan fingerprint density at radius 3 is 2.18 bits per heavy atom. The van der Waals surface area contributed by atoms with Crippen LogP contribution in [-0.4, -0.2) is 70.2 Å². The third kappa shape index (κ3) is 5.59. The third-order valence-electron chi connectivity index (χ3n) is 6.15. The predicted octanol–water partition coefficient (Wildman–Crippen LogP) is 3.25. The Hall–Kier alpha value is -2.91. The molecule has 9 heteroatoms. The van der Waals surface area contributed by atoms with Crippen LogP contribution < -0.4 is 10.2 Å². The first kappa shape index (κ1) is 25.7. The molecule has 2 amide bonds. The summed E-state index contributed by atoms with van der Waals surface area (Å²) in [7, 11) is 0.756. The summed E-state index contributed by atoms with van der Waals surface area (Å²) in [5, 5.41) is 2.90. The van der Waals surface area contributed by atoms with E-state index >= 15 is 0 Å². The lowest BCUT2D eigenvalue weighted by Crippen LogP contribution is -2.37. The first-order valence-electron chi connectivity index (χ1n) is 11.5. The summed E-state index contributed by atoms with van der Waals surface area (Å²) in [5.41, 5.74) is 3.60. The zero-order valence-electron chi connectivity index (χ0n) is 20.6. The smallest absolute Gasteiger partial charge is 0.256 e. The van der Waals surface area contributed by atoms with Gasteiger partial charge in [0.15, 0.2) is 0 Å². The molecule has 1 aliphatic rings. The number of benzene rings is 2. The highest BCUT2D eigenvalue weighted by Gasteiger charge is 2.26. The van der Waals surface area contributed by atoms with Crippen molar-refractivity contribution < 1.29 is 18.0 Å². The number of hydrogen-bond donors (Lipinski definition) is 1. The average Bonchev–Trinajstić information content (AvgIpc) is 2.81. The summed E-state index contributed by atoms with van der Waals surface area (Å²) < 4.78 is 26.6. The molecule has 0 aliphatic carbocycles. The molecule has 1 aliphatic heterocycles. The second-order valence-corrected chi connectivity index (χ2v) is 11.1. The minimum atomic E-state index is -3.71. The molecule has 34 heavy (non-hydrogen) atoms. The molecule has 184 valence electrons. The zero-order chi connectivity index (χ0) is 25.0. The molecule has 0 unspecified atom stereocenters. The number of carbonyl (C=O) groups is 2. The number of likely N-dealkylation sites (N-methyl/N-ethyl adjacent to an activating group) is 1. The predicted molar refractivity (Wildman–Crippen MR) is 135 cm³/mol. The number of aryl methyl sites for hydroxylation is 2. The van der Waals surface area contributed by atoms with Gasteiger partial charge in [-0.2, -0.15) is 0 Å². The maximum absolute atomic E-state index is 13.5. The first-order chi connectivity index (χ1) is 16.0. The Kier molecular flexibility index (Phi) is 7.99. The minimum Gasteiger partial charge on any atom is -0.371 e. The summed E-state index contributed by atoms with van der Waals surface area (Å²) >= 11 is 0. The van der Waals surface area contributed by atoms with Crippen LogP contribution >= 0.6 is 0 Å². The Bertz CT molecular complexity index is 1150. The molecule has 0 saturated carbocycles. The Morgan fingerprint density at radius 2 is 1.59 bits per heavy atom. The lowest BCUT2D eigenvalue weighted by Gasteiger charge is -2.31. The monoisotopic (exact) mass is 486 g/mol. The molecule has 8 nitrogen and oxygen atoms in total. The van der Waals surface area contributed by atoms with Crippen LogP contribution in [0.3, 0.4) is 0 Å². The van der Waals surface area contributed by atoms with Crippen LogP contribution in [0.25, 0.3) is 0 Å². The number of nitrogens with zero attached hydrogens (tertiary/aromatic N) is 3. The molecule has 3 rings (SSSR count). The van der Waals surface area contributed by atoms with Crippen molar-refractivity contribution in [2.75, 3.05) is 51.0 Å². The van der Waals surface area contributed by atoms with Crippen molar-refractivity contribution in [1.29, 1.82) is 0 Å². The van der Waals surface area contributed by atoms with Gasteiger partial charge in [-0.1, -0.05) is 18.2 Å². The molecule has 0 radical (unpaired) electrons. The maximum atomic E-state index is 13.5. The van der Waals surface area contributed by atoms with E-state index in [0.29, 0.717) is 5.69 Å². The molecule has 2 aromatic carbocycles. The summed E-state index contributed by atoms with van der Waals surface area (Å²) in [4.78, 5) is 29.7. The minimum absolute atomic E-state index is 0.0509. The fourth-order valence-corrected chi connectivity index (χ4v) is 5.08. The Morgan fingerprint density at radius 1 is 0.971 bits per heavy atom. The van der Waals surface area contributed by atoms with Gasteiger partial charge < -0.3 is 15.1 Å². The zero-order valence-corrected chi connectivity index (χ0v) is 21.4. The number of rotatable bonds is 7. The highest BCUT2D eigenvalue weighted by molar-refractivity contribution is 7.89. The molecular formula is C25H34N4O4S. The topological polar surface area (TPSA) is 90.0 Å². The number of amides is 2. The van der Waals surface area contributed by atoms with Crippen molar-refractivity contribution >= 4 is 33.2 Å². The first-order valence-corrected chi connectivity index (χ1v) is 12.9. The molecule has 1 heterocycles. The Balaban J connectivity index is 1.89. The van der Waals surface area contributed by atoms with E-state index < -0.39 is 15.9 Å². The number of piperidine rings is 1. The number of para-hydroxylation sites is 1. The van der Waals surface area contributed by atoms with E-state index in [1.54, 1.807) is 19.2 Å². The summed E-state index contributed by atoms with van der Waals surface area (Å²) in [5.74, 6) is -0.710. The van der Waals surface area contributed by atoms with Crippen LogP contribution in [0.2, 0.25) is 0 Å². The number of sulfonamides is 1. The van der Waals surface area contributed by atoms with Crippen LogP contribution in [-0.2, 0) is 14.8 Å². The van der Waals surface area contributed by atoms with Gasteiger partial charge in [0.25, 0.3) is 5.91 Å². The van der Waals surface area contributed by atoms with Gasteiger partial charge in [0.05, 0.1) is 17.0 Å². The second-order valence-electron chi connectivity index (χ2n) is 8.99. The van der Waals surface area contributed by atoms with E-state index in [0.717, 1.165) is 53.5 Å². The van der Waals surface area contributed by atoms with Gasteiger partial charge in [-0.25, -0.2) is 12.7 Å². The fraction of sp³-hybridized carbons (Fsp3) is 0.440. The molecule has 1 fully saturated rings. The molecule has 1 saturated heterocycles. The van der Waals surface area contributed by atoms with E-state index in [1.165, 1.54) is 25.1 Å². The van der Waals surface area contributed by atoms with Crippen LogP contribution in [0.4, 0.5) is 11.4 Å². The maximum Gasteiger partial charge on any atom is 0.256 e. The Labute approximate surface area is 202 Å². The van der Waals surface area contributed by atoms with Crippen LogP contribution in [0.15, 0.2) is 41.3 Å². The molecule has 0 atom stereocenters. The van der Waals surface area contributed by atoms with Gasteiger partial charge in [-0.3, -0.25) is 9.59 Å². The van der Waals surface area contributed by atoms with E-state index in [2.05, 4.69) is 10.2 Å². The average molecular weight is 487 g/mol. The third-order valence-corrected chi connectivity index (χ3v) is 7.96. The summed E-state index contributed by atoms with van der Waals surface area (Å²) in [6.45, 7) is 5.28. The standard InChI is InChI=1S/C25H34N4O4S/c1-18-10-9-11-19(2)24(18)26-23(30)17-28(5)25(31)21-16-20(34(32,33)27(3)4)12-13-22(21)29-14-7-6-8-15-29/h9-13,16H,6-8,14-15,17H2,1-5H3,(H,26,30). The van der Waals surface area contributed by atoms with Gasteiger partial charge in [-0.15, -0.1) is 0 Å². The normalized spacial score (nSPS) is 14.2. The largest absolute Gasteiger partial charge is 0.371 e. The van der Waals surface area contributed by atoms with Crippen molar-refractivity contribution in [3.63, 3.8) is 0 Å². The van der Waals surface area contributed by atoms with Gasteiger partial charge in [0.2, 0.25) is 15.9 Å². The van der Waals surface area contributed by atoms with Crippen molar-refractivity contribution in [1.82, 2.24) is 9.21 Å². The molecule has 2 aromatic rings. The van der Waals surface area contributed by atoms with Crippen molar-refractivity contribution in [2.24, 2.45) is 0 Å². The van der Waals surface area contributed by atoms with Gasteiger partial charge in [0, 0.05) is 45.6 Å². The van der Waals surface area contributed by atoms with Gasteiger partial charge in [-0.05, 0) is 62.4 Å². The molecular weight excluding hydrogens is 452 g/mol. The highest BCUT2D eigenvalue weighted by atomic mass is 32.2. The fourth-order valence-electron chi connectivity index (χ4n) is 4.15. The number of hydrogen-bond acceptors (Lipinski definition) is 5.